The molecule has 8 nitrogen and oxygen atoms in total. The first-order valence-corrected chi connectivity index (χ1v) is 6.10. The molecule has 0 bridgehead atoms. The number of halogens is 1. The average Bonchev–Trinajstić information content (AvgIpc) is 2.99. The summed E-state index contributed by atoms with van der Waals surface area (Å²) in [4.78, 5) is 11.7. The SMILES string of the molecule is CNCCC(=O)Nc1ccc(OC)c(-n2cnnn2)c1.Cl. The number of carbonyl (C=O) groups is 1. The van der Waals surface area contributed by atoms with Crippen molar-refractivity contribution in [3.8, 4) is 11.4 Å². The number of nitrogens with one attached hydrogen (secondary N) is 2. The van der Waals surface area contributed by atoms with Gasteiger partial charge in [-0.3, -0.25) is 4.79 Å². The first-order chi connectivity index (χ1) is 9.74. The molecule has 0 fully saturated rings. The highest BCUT2D eigenvalue weighted by atomic mass is 35.5. The molecule has 9 heteroatoms. The molecule has 0 saturated heterocycles. The van der Waals surface area contributed by atoms with Crippen molar-refractivity contribution in [2.75, 3.05) is 26.0 Å². The van der Waals surface area contributed by atoms with E-state index in [4.69, 9.17) is 4.74 Å². The molecule has 1 aromatic heterocycles. The van der Waals surface area contributed by atoms with Gasteiger partial charge >= 0.3 is 0 Å². The van der Waals surface area contributed by atoms with Crippen LogP contribution in [0.4, 0.5) is 5.69 Å². The van der Waals surface area contributed by atoms with Gasteiger partial charge in [0.15, 0.2) is 0 Å². The molecule has 0 aliphatic heterocycles. The number of methoxy groups -OCH3 is 1. The molecule has 114 valence electrons. The van der Waals surface area contributed by atoms with Crippen LogP contribution in [-0.2, 0) is 4.79 Å². The third-order valence-electron chi connectivity index (χ3n) is 2.66. The van der Waals surface area contributed by atoms with Crippen LogP contribution in [0.5, 0.6) is 5.75 Å². The van der Waals surface area contributed by atoms with Crippen molar-refractivity contribution in [1.82, 2.24) is 25.5 Å². The van der Waals surface area contributed by atoms with E-state index in [-0.39, 0.29) is 18.3 Å². The molecular formula is C12H17ClN6O2. The van der Waals surface area contributed by atoms with Gasteiger partial charge in [0.05, 0.1) is 7.11 Å². The normalized spacial score (nSPS) is 9.81. The molecule has 0 aliphatic carbocycles. The van der Waals surface area contributed by atoms with Gasteiger partial charge in [0.25, 0.3) is 0 Å². The highest BCUT2D eigenvalue weighted by Crippen LogP contribution is 2.25. The lowest BCUT2D eigenvalue weighted by atomic mass is 10.2. The number of carbonyl (C=O) groups excluding carboxylic acids is 1. The fraction of sp³-hybridized carbons (Fsp3) is 0.333. The van der Waals surface area contributed by atoms with Crippen molar-refractivity contribution in [3.05, 3.63) is 24.5 Å². The minimum atomic E-state index is -0.0628. The van der Waals surface area contributed by atoms with E-state index in [2.05, 4.69) is 26.2 Å². The van der Waals surface area contributed by atoms with Crippen LogP contribution in [0, 0.1) is 0 Å². The molecular weight excluding hydrogens is 296 g/mol. The molecule has 1 amide bonds. The molecule has 2 aromatic rings. The first kappa shape index (κ1) is 16.9. The number of anilines is 1. The zero-order valence-corrected chi connectivity index (χ0v) is 12.6. The maximum Gasteiger partial charge on any atom is 0.225 e. The van der Waals surface area contributed by atoms with Crippen LogP contribution in [0.1, 0.15) is 6.42 Å². The summed E-state index contributed by atoms with van der Waals surface area (Å²) in [5, 5.41) is 16.7. The molecule has 0 aliphatic rings. The molecule has 0 saturated carbocycles. The number of hydrogen-bond donors (Lipinski definition) is 2. The van der Waals surface area contributed by atoms with Crippen LogP contribution >= 0.6 is 12.4 Å². The standard InChI is InChI=1S/C12H16N6O2.ClH/c1-13-6-5-12(19)15-9-3-4-11(20-2)10(7-9)18-8-14-16-17-18;/h3-4,7-8,13H,5-6H2,1-2H3,(H,15,19);1H. The fourth-order valence-corrected chi connectivity index (χ4v) is 1.68. The fourth-order valence-electron chi connectivity index (χ4n) is 1.68. The Balaban J connectivity index is 0.00000220. The average molecular weight is 313 g/mol. The minimum Gasteiger partial charge on any atom is -0.494 e. The van der Waals surface area contributed by atoms with E-state index in [0.29, 0.717) is 30.1 Å². The monoisotopic (exact) mass is 312 g/mol. The van der Waals surface area contributed by atoms with Gasteiger partial charge in [0.2, 0.25) is 5.91 Å². The number of ether oxygens (including phenoxy) is 1. The van der Waals surface area contributed by atoms with Crippen molar-refractivity contribution in [3.63, 3.8) is 0 Å². The largest absolute Gasteiger partial charge is 0.494 e. The summed E-state index contributed by atoms with van der Waals surface area (Å²) < 4.78 is 6.73. The van der Waals surface area contributed by atoms with Crippen LogP contribution in [-0.4, -0.2) is 46.8 Å². The number of tetrazole rings is 1. The van der Waals surface area contributed by atoms with E-state index >= 15 is 0 Å². The summed E-state index contributed by atoms with van der Waals surface area (Å²) in [6.07, 6.45) is 1.87. The van der Waals surface area contributed by atoms with E-state index < -0.39 is 0 Å². The summed E-state index contributed by atoms with van der Waals surface area (Å²) >= 11 is 0. The number of amides is 1. The lowest BCUT2D eigenvalue weighted by Gasteiger charge is -2.10. The van der Waals surface area contributed by atoms with E-state index in [9.17, 15) is 4.79 Å². The number of hydrogen-bond acceptors (Lipinski definition) is 6. The summed E-state index contributed by atoms with van der Waals surface area (Å²) in [6, 6.07) is 5.28. The Morgan fingerprint density at radius 3 is 2.86 bits per heavy atom. The molecule has 0 radical (unpaired) electrons. The maximum absolute atomic E-state index is 11.7. The summed E-state index contributed by atoms with van der Waals surface area (Å²) in [5.41, 5.74) is 1.32. The van der Waals surface area contributed by atoms with Crippen molar-refractivity contribution in [1.29, 1.82) is 0 Å². The molecule has 0 spiro atoms. The molecule has 0 atom stereocenters. The van der Waals surface area contributed by atoms with E-state index in [0.717, 1.165) is 0 Å². The second-order valence-corrected chi connectivity index (χ2v) is 4.04. The van der Waals surface area contributed by atoms with Gasteiger partial charge in [0, 0.05) is 18.7 Å². The Hall–Kier alpha value is -2.19. The smallest absolute Gasteiger partial charge is 0.225 e. The molecule has 21 heavy (non-hydrogen) atoms. The Morgan fingerprint density at radius 1 is 1.43 bits per heavy atom. The molecule has 2 rings (SSSR count). The Bertz CT molecular complexity index is 575. The second kappa shape index (κ2) is 8.18. The van der Waals surface area contributed by atoms with E-state index in [1.165, 1.54) is 11.0 Å². The molecule has 1 heterocycles. The first-order valence-electron chi connectivity index (χ1n) is 6.10. The highest BCUT2D eigenvalue weighted by molar-refractivity contribution is 5.91. The predicted octanol–water partition coefficient (Wildman–Crippen LogP) is 0.641. The molecule has 1 aromatic carbocycles. The zero-order chi connectivity index (χ0) is 14.4. The predicted molar refractivity (Wildman–Crippen MR) is 80.1 cm³/mol. The van der Waals surface area contributed by atoms with Gasteiger partial charge in [-0.1, -0.05) is 0 Å². The van der Waals surface area contributed by atoms with Crippen LogP contribution in [0.25, 0.3) is 5.69 Å². The van der Waals surface area contributed by atoms with Gasteiger partial charge in [-0.2, -0.15) is 4.68 Å². The van der Waals surface area contributed by atoms with Gasteiger partial charge in [0.1, 0.15) is 17.8 Å². The molecule has 2 N–H and O–H groups in total. The Kier molecular flexibility index (Phi) is 6.57. The summed E-state index contributed by atoms with van der Waals surface area (Å²) in [6.45, 7) is 0.627. The van der Waals surface area contributed by atoms with Crippen molar-refractivity contribution < 1.29 is 9.53 Å². The van der Waals surface area contributed by atoms with Crippen LogP contribution < -0.4 is 15.4 Å². The van der Waals surface area contributed by atoms with Gasteiger partial charge in [-0.05, 0) is 35.7 Å². The zero-order valence-electron chi connectivity index (χ0n) is 11.7. The third kappa shape index (κ3) is 4.40. The number of rotatable bonds is 6. The van der Waals surface area contributed by atoms with Crippen LogP contribution in [0.3, 0.4) is 0 Å². The Morgan fingerprint density at radius 2 is 2.24 bits per heavy atom. The second-order valence-electron chi connectivity index (χ2n) is 4.04. The number of nitrogens with zero attached hydrogens (tertiary/aromatic N) is 4. The molecule has 0 unspecified atom stereocenters. The number of aromatic nitrogens is 4. The Labute approximate surface area is 128 Å². The third-order valence-corrected chi connectivity index (χ3v) is 2.66. The highest BCUT2D eigenvalue weighted by Gasteiger charge is 2.09. The summed E-state index contributed by atoms with van der Waals surface area (Å²) in [7, 11) is 3.37. The van der Waals surface area contributed by atoms with Crippen LogP contribution in [0.2, 0.25) is 0 Å². The number of benzene rings is 1. The van der Waals surface area contributed by atoms with Crippen molar-refractivity contribution >= 4 is 24.0 Å². The van der Waals surface area contributed by atoms with Crippen molar-refractivity contribution in [2.24, 2.45) is 0 Å². The topological polar surface area (TPSA) is 94.0 Å². The summed E-state index contributed by atoms with van der Waals surface area (Å²) in [5.74, 6) is 0.553. The lowest BCUT2D eigenvalue weighted by Crippen LogP contribution is -2.18. The van der Waals surface area contributed by atoms with Gasteiger partial charge in [-0.25, -0.2) is 0 Å². The van der Waals surface area contributed by atoms with E-state index in [1.807, 2.05) is 0 Å². The van der Waals surface area contributed by atoms with Gasteiger partial charge < -0.3 is 15.4 Å². The quantitative estimate of drug-likeness (QED) is 0.813. The lowest BCUT2D eigenvalue weighted by molar-refractivity contribution is -0.116. The van der Waals surface area contributed by atoms with Crippen LogP contribution in [0.15, 0.2) is 24.5 Å². The minimum absolute atomic E-state index is 0. The van der Waals surface area contributed by atoms with Crippen molar-refractivity contribution in [2.45, 2.75) is 6.42 Å². The van der Waals surface area contributed by atoms with E-state index in [1.54, 1.807) is 32.4 Å². The maximum atomic E-state index is 11.7. The van der Waals surface area contributed by atoms with Gasteiger partial charge in [-0.15, -0.1) is 17.5 Å².